The lowest BCUT2D eigenvalue weighted by atomic mass is 10.0. The maximum Gasteiger partial charge on any atom is 0.270 e. The van der Waals surface area contributed by atoms with Crippen LogP contribution < -0.4 is 5.32 Å². The molecule has 4 heterocycles. The Hall–Kier alpha value is -2.35. The van der Waals surface area contributed by atoms with E-state index < -0.39 is 6.10 Å². The second-order valence-electron chi connectivity index (χ2n) is 6.80. The number of amides is 1. The van der Waals surface area contributed by atoms with Crippen LogP contribution in [0.1, 0.15) is 33.7 Å². The minimum atomic E-state index is -0.689. The first-order chi connectivity index (χ1) is 13.1. The molecule has 1 amide bonds. The first-order valence-corrected chi connectivity index (χ1v) is 9.83. The van der Waals surface area contributed by atoms with Gasteiger partial charge in [0.15, 0.2) is 0 Å². The Kier molecular flexibility index (Phi) is 5.15. The molecular formula is C20H21N3O3S. The standard InChI is InChI=1S/C20H21N3O3S/c1-12-2-3-13(10-21-12)8-14-9-17(22-16-5-7-27-19(14)16)20(25)23-15-4-6-26-11-18(15)24/h2-3,5,7,9-10,15,18,24H,4,6,8,11H2,1H3,(H,23,25)/t15-,18-/m0/s1. The lowest BCUT2D eigenvalue weighted by molar-refractivity contribution is -0.0261. The molecule has 1 aliphatic rings. The molecule has 2 N–H and O–H groups in total. The first-order valence-electron chi connectivity index (χ1n) is 8.95. The molecule has 0 aliphatic carbocycles. The molecule has 140 valence electrons. The zero-order valence-corrected chi connectivity index (χ0v) is 15.8. The van der Waals surface area contributed by atoms with Gasteiger partial charge in [0, 0.05) is 24.9 Å². The Balaban J connectivity index is 1.61. The van der Waals surface area contributed by atoms with Gasteiger partial charge >= 0.3 is 0 Å². The highest BCUT2D eigenvalue weighted by Gasteiger charge is 2.26. The van der Waals surface area contributed by atoms with E-state index in [0.717, 1.165) is 27.0 Å². The van der Waals surface area contributed by atoms with E-state index >= 15 is 0 Å². The topological polar surface area (TPSA) is 84.3 Å². The van der Waals surface area contributed by atoms with Crippen molar-refractivity contribution < 1.29 is 14.6 Å². The minimum absolute atomic E-state index is 0.244. The smallest absolute Gasteiger partial charge is 0.270 e. The number of carbonyl (C=O) groups excluding carboxylic acids is 1. The van der Waals surface area contributed by atoms with Crippen LogP contribution in [0, 0.1) is 6.92 Å². The highest BCUT2D eigenvalue weighted by Crippen LogP contribution is 2.26. The summed E-state index contributed by atoms with van der Waals surface area (Å²) < 4.78 is 6.30. The van der Waals surface area contributed by atoms with E-state index in [9.17, 15) is 9.90 Å². The molecule has 3 aromatic rings. The summed E-state index contributed by atoms with van der Waals surface area (Å²) in [5.41, 5.74) is 4.31. The molecule has 1 saturated heterocycles. The molecule has 0 bridgehead atoms. The molecule has 0 spiro atoms. The van der Waals surface area contributed by atoms with Gasteiger partial charge in [0.2, 0.25) is 0 Å². The third-order valence-corrected chi connectivity index (χ3v) is 5.71. The van der Waals surface area contributed by atoms with Crippen LogP contribution in [-0.4, -0.2) is 46.3 Å². The number of aryl methyl sites for hydroxylation is 1. The maximum atomic E-state index is 12.7. The lowest BCUT2D eigenvalue weighted by Crippen LogP contribution is -2.48. The van der Waals surface area contributed by atoms with Crippen LogP contribution in [0.25, 0.3) is 10.2 Å². The van der Waals surface area contributed by atoms with Crippen LogP contribution in [0.15, 0.2) is 35.8 Å². The molecule has 0 aromatic carbocycles. The Bertz CT molecular complexity index is 955. The van der Waals surface area contributed by atoms with Crippen molar-refractivity contribution in [3.05, 3.63) is 58.4 Å². The summed E-state index contributed by atoms with van der Waals surface area (Å²) >= 11 is 1.62. The van der Waals surface area contributed by atoms with Gasteiger partial charge in [-0.3, -0.25) is 9.78 Å². The fourth-order valence-corrected chi connectivity index (χ4v) is 4.08. The number of carbonyl (C=O) groups is 1. The monoisotopic (exact) mass is 383 g/mol. The summed E-state index contributed by atoms with van der Waals surface area (Å²) in [6.07, 6.45) is 2.46. The normalized spacial score (nSPS) is 19.9. The molecule has 0 saturated carbocycles. The van der Waals surface area contributed by atoms with Gasteiger partial charge in [-0.2, -0.15) is 0 Å². The third kappa shape index (κ3) is 4.00. The van der Waals surface area contributed by atoms with E-state index in [1.807, 2.05) is 36.7 Å². The molecule has 4 rings (SSSR count). The molecule has 0 unspecified atom stereocenters. The van der Waals surface area contributed by atoms with Crippen molar-refractivity contribution in [3.63, 3.8) is 0 Å². The first kappa shape index (κ1) is 18.0. The maximum absolute atomic E-state index is 12.7. The minimum Gasteiger partial charge on any atom is -0.389 e. The quantitative estimate of drug-likeness (QED) is 0.723. The van der Waals surface area contributed by atoms with E-state index in [1.54, 1.807) is 11.3 Å². The van der Waals surface area contributed by atoms with Gasteiger partial charge in [-0.05, 0) is 48.1 Å². The molecule has 27 heavy (non-hydrogen) atoms. The van der Waals surface area contributed by atoms with Gasteiger partial charge in [0.1, 0.15) is 5.69 Å². The number of hydrogen-bond donors (Lipinski definition) is 2. The summed E-state index contributed by atoms with van der Waals surface area (Å²) in [5, 5.41) is 14.9. The van der Waals surface area contributed by atoms with Crippen molar-refractivity contribution in [3.8, 4) is 0 Å². The Morgan fingerprint density at radius 3 is 3.07 bits per heavy atom. The Morgan fingerprint density at radius 1 is 1.41 bits per heavy atom. The average molecular weight is 383 g/mol. The number of rotatable bonds is 4. The van der Waals surface area contributed by atoms with Gasteiger partial charge in [-0.15, -0.1) is 11.3 Å². The van der Waals surface area contributed by atoms with Crippen LogP contribution >= 0.6 is 11.3 Å². The summed E-state index contributed by atoms with van der Waals surface area (Å²) in [5.74, 6) is -0.266. The number of hydrogen-bond acceptors (Lipinski definition) is 6. The number of nitrogens with zero attached hydrogens (tertiary/aromatic N) is 2. The number of thiophene rings is 1. The predicted octanol–water partition coefficient (Wildman–Crippen LogP) is 2.47. The van der Waals surface area contributed by atoms with E-state index in [1.165, 1.54) is 0 Å². The number of aliphatic hydroxyl groups is 1. The van der Waals surface area contributed by atoms with Crippen LogP contribution in [0.4, 0.5) is 0 Å². The van der Waals surface area contributed by atoms with Crippen LogP contribution in [0.2, 0.25) is 0 Å². The highest BCUT2D eigenvalue weighted by molar-refractivity contribution is 7.17. The molecule has 7 heteroatoms. The van der Waals surface area contributed by atoms with Gasteiger partial charge in [-0.1, -0.05) is 6.07 Å². The number of pyridine rings is 2. The zero-order valence-electron chi connectivity index (χ0n) is 15.0. The van der Waals surface area contributed by atoms with Crippen molar-refractivity contribution in [1.29, 1.82) is 0 Å². The lowest BCUT2D eigenvalue weighted by Gasteiger charge is -2.28. The fraction of sp³-hybridized carbons (Fsp3) is 0.350. The Morgan fingerprint density at radius 2 is 2.30 bits per heavy atom. The summed E-state index contributed by atoms with van der Waals surface area (Å²) in [4.78, 5) is 21.6. The third-order valence-electron chi connectivity index (χ3n) is 4.73. The van der Waals surface area contributed by atoms with Gasteiger partial charge < -0.3 is 15.2 Å². The van der Waals surface area contributed by atoms with Crippen molar-refractivity contribution in [1.82, 2.24) is 15.3 Å². The summed E-state index contributed by atoms with van der Waals surface area (Å²) in [6, 6.07) is 7.51. The number of aromatic nitrogens is 2. The average Bonchev–Trinajstić information content (AvgIpc) is 3.14. The van der Waals surface area contributed by atoms with Gasteiger partial charge in [0.05, 0.1) is 29.0 Å². The van der Waals surface area contributed by atoms with E-state index in [-0.39, 0.29) is 18.6 Å². The Labute approximate surface area is 161 Å². The fourth-order valence-electron chi connectivity index (χ4n) is 3.23. The molecule has 6 nitrogen and oxygen atoms in total. The SMILES string of the molecule is Cc1ccc(Cc2cc(C(=O)N[C@H]3CCOC[C@@H]3O)nc3ccsc23)cn1. The second-order valence-corrected chi connectivity index (χ2v) is 7.71. The van der Waals surface area contributed by atoms with Crippen LogP contribution in [0.3, 0.4) is 0 Å². The molecule has 1 aliphatic heterocycles. The number of nitrogens with one attached hydrogen (secondary N) is 1. The number of fused-ring (bicyclic) bond motifs is 1. The van der Waals surface area contributed by atoms with Crippen LogP contribution in [-0.2, 0) is 11.2 Å². The van der Waals surface area contributed by atoms with Gasteiger partial charge in [0.25, 0.3) is 5.91 Å². The van der Waals surface area contributed by atoms with E-state index in [4.69, 9.17) is 4.74 Å². The van der Waals surface area contributed by atoms with Gasteiger partial charge in [-0.25, -0.2) is 4.98 Å². The zero-order chi connectivity index (χ0) is 18.8. The molecular weight excluding hydrogens is 362 g/mol. The molecule has 3 aromatic heterocycles. The number of ether oxygens (including phenoxy) is 1. The largest absolute Gasteiger partial charge is 0.389 e. The van der Waals surface area contributed by atoms with Crippen molar-refractivity contribution in [2.24, 2.45) is 0 Å². The molecule has 1 fully saturated rings. The van der Waals surface area contributed by atoms with E-state index in [2.05, 4.69) is 21.4 Å². The van der Waals surface area contributed by atoms with E-state index in [0.29, 0.717) is 25.1 Å². The van der Waals surface area contributed by atoms with Crippen molar-refractivity contribution in [2.45, 2.75) is 31.9 Å². The number of aliphatic hydroxyl groups excluding tert-OH is 1. The predicted molar refractivity (Wildman–Crippen MR) is 104 cm³/mol. The summed E-state index contributed by atoms with van der Waals surface area (Å²) in [7, 11) is 0. The second kappa shape index (κ2) is 7.72. The molecule has 0 radical (unpaired) electrons. The van der Waals surface area contributed by atoms with Crippen LogP contribution in [0.5, 0.6) is 0 Å². The molecule has 2 atom stereocenters. The summed E-state index contributed by atoms with van der Waals surface area (Å²) in [6.45, 7) is 2.74. The van der Waals surface area contributed by atoms with Crippen molar-refractivity contribution in [2.75, 3.05) is 13.2 Å². The highest BCUT2D eigenvalue weighted by atomic mass is 32.1. The van der Waals surface area contributed by atoms with Crippen molar-refractivity contribution >= 4 is 27.5 Å².